The summed E-state index contributed by atoms with van der Waals surface area (Å²) in [4.78, 5) is 31.3. The van der Waals surface area contributed by atoms with Crippen LogP contribution in [0.25, 0.3) is 0 Å². The molecule has 0 aromatic heterocycles. The third-order valence-corrected chi connectivity index (χ3v) is 1.90. The van der Waals surface area contributed by atoms with Crippen molar-refractivity contribution in [2.75, 3.05) is 6.54 Å². The van der Waals surface area contributed by atoms with Crippen LogP contribution in [-0.4, -0.2) is 34.3 Å². The molecule has 0 aromatic rings. The van der Waals surface area contributed by atoms with Crippen LogP contribution in [0.4, 0.5) is 0 Å². The molecule has 0 fully saturated rings. The molecule has 0 saturated carbocycles. The Kier molecular flexibility index (Phi) is 10.0. The molecule has 0 heterocycles. The first-order chi connectivity index (χ1) is 7.22. The second-order valence-electron chi connectivity index (χ2n) is 2.96. The molecule has 11 heteroatoms. The molecule has 0 amide bonds. The van der Waals surface area contributed by atoms with Gasteiger partial charge in [0.1, 0.15) is 6.04 Å². The van der Waals surface area contributed by atoms with E-state index in [1.165, 1.54) is 0 Å². The summed E-state index contributed by atoms with van der Waals surface area (Å²) in [6, 6.07) is -1.11. The molecule has 9 nitrogen and oxygen atoms in total. The SMILES string of the molecule is NC(N)=NCCC[C@H](N)C(=O)OP(=O)(O)O.[H-].[Na+]. The minimum Gasteiger partial charge on any atom is -1.00 e. The first-order valence-electron chi connectivity index (χ1n) is 4.32. The summed E-state index contributed by atoms with van der Waals surface area (Å²) < 4.78 is 14.1. The zero-order valence-corrected chi connectivity index (χ0v) is 12.3. The Labute approximate surface area is 122 Å². The molecule has 0 unspecified atom stereocenters. The van der Waals surface area contributed by atoms with Crippen molar-refractivity contribution < 1.29 is 54.7 Å². The van der Waals surface area contributed by atoms with Gasteiger partial charge >= 0.3 is 43.3 Å². The van der Waals surface area contributed by atoms with Crippen LogP contribution in [0.15, 0.2) is 4.99 Å². The molecule has 0 rings (SSSR count). The summed E-state index contributed by atoms with van der Waals surface area (Å²) in [7, 11) is -4.83. The quantitative estimate of drug-likeness (QED) is 0.106. The van der Waals surface area contributed by atoms with Gasteiger partial charge in [0.15, 0.2) is 5.96 Å². The van der Waals surface area contributed by atoms with Crippen molar-refractivity contribution in [3.8, 4) is 0 Å². The number of aliphatic imine (C=N–C) groups is 1. The number of nitrogens with two attached hydrogens (primary N) is 3. The van der Waals surface area contributed by atoms with Gasteiger partial charge in [-0.1, -0.05) is 0 Å². The van der Waals surface area contributed by atoms with E-state index in [2.05, 4.69) is 9.52 Å². The van der Waals surface area contributed by atoms with Gasteiger partial charge in [0.05, 0.1) is 0 Å². The fourth-order valence-corrected chi connectivity index (χ4v) is 1.19. The molecule has 0 bridgehead atoms. The topological polar surface area (TPSA) is 174 Å². The van der Waals surface area contributed by atoms with E-state index in [1.807, 2.05) is 0 Å². The maximum absolute atomic E-state index is 11.0. The second kappa shape index (κ2) is 8.87. The summed E-state index contributed by atoms with van der Waals surface area (Å²) >= 11 is 0. The van der Waals surface area contributed by atoms with Gasteiger partial charge in [0, 0.05) is 6.54 Å². The molecule has 1 atom stereocenters. The Hall–Kier alpha value is -0.150. The van der Waals surface area contributed by atoms with E-state index in [1.54, 1.807) is 0 Å². The molecular formula is C6H16N4NaO5P. The zero-order chi connectivity index (χ0) is 12.8. The van der Waals surface area contributed by atoms with Gasteiger partial charge in [-0.05, 0) is 12.8 Å². The molecular weight excluding hydrogens is 262 g/mol. The van der Waals surface area contributed by atoms with Crippen LogP contribution in [0.2, 0.25) is 0 Å². The van der Waals surface area contributed by atoms with E-state index in [0.717, 1.165) is 0 Å². The number of hydrogen-bond donors (Lipinski definition) is 5. The maximum atomic E-state index is 11.0. The standard InChI is InChI=1S/C6H15N4O5P.Na.H/c7-4(2-1-3-10-6(8)9)5(11)15-16(12,13)14;;/h4H,1-3,7H2,(H4,8,9,10)(H2,12,13,14);;/q;+1;-1/t4-;;/m0../s1. The van der Waals surface area contributed by atoms with E-state index in [4.69, 9.17) is 27.0 Å². The van der Waals surface area contributed by atoms with Crippen LogP contribution in [0.3, 0.4) is 0 Å². The molecule has 0 spiro atoms. The molecule has 0 aromatic carbocycles. The summed E-state index contributed by atoms with van der Waals surface area (Å²) in [5.74, 6) is -1.23. The molecule has 96 valence electrons. The Bertz CT molecular complexity index is 321. The molecule has 17 heavy (non-hydrogen) atoms. The van der Waals surface area contributed by atoms with Crippen LogP contribution in [-0.2, 0) is 13.9 Å². The summed E-state index contributed by atoms with van der Waals surface area (Å²) in [6.07, 6.45) is 0.560. The number of nitrogens with zero attached hydrogens (tertiary/aromatic N) is 1. The van der Waals surface area contributed by atoms with Crippen molar-refractivity contribution in [2.24, 2.45) is 22.2 Å². The number of guanidine groups is 1. The van der Waals surface area contributed by atoms with Crippen LogP contribution in [0.1, 0.15) is 14.3 Å². The monoisotopic (exact) mass is 278 g/mol. The fourth-order valence-electron chi connectivity index (χ4n) is 0.822. The van der Waals surface area contributed by atoms with E-state index in [-0.39, 0.29) is 49.9 Å². The first-order valence-corrected chi connectivity index (χ1v) is 5.85. The van der Waals surface area contributed by atoms with Gasteiger partial charge in [-0.3, -0.25) is 14.8 Å². The van der Waals surface area contributed by atoms with Crippen LogP contribution in [0.5, 0.6) is 0 Å². The average Bonchev–Trinajstić information content (AvgIpc) is 2.08. The fraction of sp³-hybridized carbons (Fsp3) is 0.667. The average molecular weight is 278 g/mol. The summed E-state index contributed by atoms with van der Waals surface area (Å²) in [5, 5.41) is 0. The number of carbonyl (C=O) groups is 1. The van der Waals surface area contributed by atoms with Gasteiger partial charge in [0.25, 0.3) is 0 Å². The van der Waals surface area contributed by atoms with E-state index >= 15 is 0 Å². The third-order valence-electron chi connectivity index (χ3n) is 1.48. The molecule has 8 N–H and O–H groups in total. The van der Waals surface area contributed by atoms with E-state index < -0.39 is 19.8 Å². The van der Waals surface area contributed by atoms with Gasteiger partial charge in [-0.25, -0.2) is 9.36 Å². The van der Waals surface area contributed by atoms with Crippen molar-refractivity contribution in [3.05, 3.63) is 0 Å². The maximum Gasteiger partial charge on any atom is 1.00 e. The van der Waals surface area contributed by atoms with Gasteiger partial charge in [-0.2, -0.15) is 0 Å². The summed E-state index contributed by atoms with van der Waals surface area (Å²) in [6.45, 7) is 0.277. The molecule has 0 saturated heterocycles. The molecule has 0 aliphatic carbocycles. The normalized spacial score (nSPS) is 12.2. The zero-order valence-electron chi connectivity index (χ0n) is 10.4. The first kappa shape index (κ1) is 19.2. The van der Waals surface area contributed by atoms with Gasteiger partial charge in [0.2, 0.25) is 0 Å². The molecule has 0 aliphatic heterocycles. The largest absolute Gasteiger partial charge is 1.00 e. The smallest absolute Gasteiger partial charge is 1.00 e. The summed E-state index contributed by atoms with van der Waals surface area (Å²) in [5.41, 5.74) is 15.4. The molecule has 0 radical (unpaired) electrons. The van der Waals surface area contributed by atoms with Crippen molar-refractivity contribution in [1.29, 1.82) is 0 Å². The van der Waals surface area contributed by atoms with E-state index in [9.17, 15) is 9.36 Å². The Morgan fingerprint density at radius 1 is 1.47 bits per heavy atom. The third kappa shape index (κ3) is 12.1. The minimum absolute atomic E-state index is 0. The van der Waals surface area contributed by atoms with Crippen LogP contribution in [0, 0.1) is 0 Å². The second-order valence-corrected chi connectivity index (χ2v) is 4.12. The molecule has 0 aliphatic rings. The Morgan fingerprint density at radius 3 is 2.41 bits per heavy atom. The predicted octanol–water partition coefficient (Wildman–Crippen LogP) is -4.88. The number of carbonyl (C=O) groups excluding carboxylic acids is 1. The van der Waals surface area contributed by atoms with Crippen LogP contribution >= 0.6 is 7.82 Å². The van der Waals surface area contributed by atoms with E-state index in [0.29, 0.717) is 6.42 Å². The van der Waals surface area contributed by atoms with Crippen molar-refractivity contribution in [1.82, 2.24) is 0 Å². The van der Waals surface area contributed by atoms with Gasteiger partial charge in [-0.15, -0.1) is 0 Å². The minimum atomic E-state index is -4.83. The number of phosphoric acid groups is 1. The van der Waals surface area contributed by atoms with Crippen LogP contribution < -0.4 is 46.8 Å². The van der Waals surface area contributed by atoms with Gasteiger partial charge < -0.3 is 23.2 Å². The predicted molar refractivity (Wildman–Crippen MR) is 57.1 cm³/mol. The number of phosphoric ester groups is 1. The van der Waals surface area contributed by atoms with Crippen molar-refractivity contribution in [2.45, 2.75) is 18.9 Å². The number of rotatable bonds is 6. The van der Waals surface area contributed by atoms with Crippen molar-refractivity contribution in [3.63, 3.8) is 0 Å². The van der Waals surface area contributed by atoms with Crippen molar-refractivity contribution >= 4 is 19.8 Å². The Balaban J connectivity index is -0.00000112. The Morgan fingerprint density at radius 2 is 2.00 bits per heavy atom. The number of hydrogen-bond acceptors (Lipinski definition) is 5.